The van der Waals surface area contributed by atoms with E-state index in [1.807, 2.05) is 18.2 Å². The largest absolute Gasteiger partial charge is 0.505 e. The highest BCUT2D eigenvalue weighted by molar-refractivity contribution is 5.93. The molecule has 0 fully saturated rings. The molecule has 0 radical (unpaired) electrons. The number of nitrogens with zero attached hydrogens (tertiary/aromatic N) is 3. The Morgan fingerprint density at radius 1 is 1.05 bits per heavy atom. The fourth-order valence-corrected chi connectivity index (χ4v) is 2.01. The minimum atomic E-state index is 0.0924. The second kappa shape index (κ2) is 5.58. The lowest BCUT2D eigenvalue weighted by Crippen LogP contribution is -1.82. The van der Waals surface area contributed by atoms with Crippen molar-refractivity contribution in [1.29, 1.82) is 0 Å². The molecule has 0 aliphatic rings. The molecule has 0 aliphatic heterocycles. The molecule has 1 aromatic heterocycles. The summed E-state index contributed by atoms with van der Waals surface area (Å²) in [7, 11) is 1.61. The van der Waals surface area contributed by atoms with Crippen LogP contribution >= 0.6 is 0 Å². The van der Waals surface area contributed by atoms with Crippen LogP contribution in [0.5, 0.6) is 11.5 Å². The molecule has 104 valence electrons. The Bertz CT molecular complexity index is 801. The fourth-order valence-electron chi connectivity index (χ4n) is 2.01. The van der Waals surface area contributed by atoms with Gasteiger partial charge in [0, 0.05) is 11.6 Å². The molecule has 5 heteroatoms. The third-order valence-electron chi connectivity index (χ3n) is 3.09. The maximum absolute atomic E-state index is 10.3. The van der Waals surface area contributed by atoms with E-state index in [4.69, 9.17) is 4.74 Å². The molecule has 0 aliphatic carbocycles. The molecule has 1 heterocycles. The van der Waals surface area contributed by atoms with Crippen LogP contribution in [0.4, 0.5) is 11.5 Å². The van der Waals surface area contributed by atoms with Crippen molar-refractivity contribution < 1.29 is 9.84 Å². The zero-order chi connectivity index (χ0) is 14.7. The smallest absolute Gasteiger partial charge is 0.174 e. The molecular formula is C16H13N3O2. The number of aromatic nitrogens is 1. The summed E-state index contributed by atoms with van der Waals surface area (Å²) in [6.45, 7) is 0. The van der Waals surface area contributed by atoms with E-state index in [2.05, 4.69) is 15.2 Å². The number of aromatic hydroxyl groups is 1. The Morgan fingerprint density at radius 3 is 2.71 bits per heavy atom. The number of azo groups is 1. The molecule has 0 unspecified atom stereocenters. The summed E-state index contributed by atoms with van der Waals surface area (Å²) in [4.78, 5) is 4.05. The number of phenolic OH excluding ortho intramolecular Hbond substituents is 1. The van der Waals surface area contributed by atoms with Crippen LogP contribution in [0.15, 0.2) is 65.0 Å². The van der Waals surface area contributed by atoms with Gasteiger partial charge in [-0.2, -0.15) is 0 Å². The van der Waals surface area contributed by atoms with E-state index in [9.17, 15) is 5.11 Å². The van der Waals surface area contributed by atoms with Crippen molar-refractivity contribution in [2.75, 3.05) is 7.11 Å². The molecule has 3 aromatic rings. The van der Waals surface area contributed by atoms with Crippen LogP contribution in [0, 0.1) is 0 Å². The first-order valence-corrected chi connectivity index (χ1v) is 6.40. The van der Waals surface area contributed by atoms with E-state index >= 15 is 0 Å². The van der Waals surface area contributed by atoms with Gasteiger partial charge in [0.1, 0.15) is 11.4 Å². The number of pyridine rings is 1. The van der Waals surface area contributed by atoms with Gasteiger partial charge in [0.15, 0.2) is 11.6 Å². The molecule has 0 atom stereocenters. The van der Waals surface area contributed by atoms with Gasteiger partial charge in [-0.1, -0.05) is 12.1 Å². The maximum atomic E-state index is 10.3. The molecule has 2 aromatic carbocycles. The summed E-state index contributed by atoms with van der Waals surface area (Å²) in [5.41, 5.74) is 0.401. The fraction of sp³-hybridized carbons (Fsp3) is 0.0625. The number of hydrogen-bond acceptors (Lipinski definition) is 5. The van der Waals surface area contributed by atoms with Crippen LogP contribution in [0.3, 0.4) is 0 Å². The lowest BCUT2D eigenvalue weighted by molar-refractivity contribution is 0.415. The summed E-state index contributed by atoms with van der Waals surface area (Å²) in [6.07, 6.45) is 1.64. The van der Waals surface area contributed by atoms with Crippen molar-refractivity contribution in [2.45, 2.75) is 0 Å². The van der Waals surface area contributed by atoms with E-state index in [1.165, 1.54) is 0 Å². The summed E-state index contributed by atoms with van der Waals surface area (Å²) in [5, 5.41) is 19.9. The third kappa shape index (κ3) is 2.67. The van der Waals surface area contributed by atoms with E-state index in [-0.39, 0.29) is 5.75 Å². The Balaban J connectivity index is 2.00. The summed E-state index contributed by atoms with van der Waals surface area (Å²) in [5.74, 6) is 1.33. The highest BCUT2D eigenvalue weighted by atomic mass is 16.5. The predicted molar refractivity (Wildman–Crippen MR) is 80.6 cm³/mol. The second-order valence-corrected chi connectivity index (χ2v) is 4.41. The number of methoxy groups -OCH3 is 1. The van der Waals surface area contributed by atoms with Crippen LogP contribution in [0.2, 0.25) is 0 Å². The van der Waals surface area contributed by atoms with Gasteiger partial charge in [0.05, 0.1) is 7.11 Å². The first-order chi connectivity index (χ1) is 10.3. The lowest BCUT2D eigenvalue weighted by Gasteiger charge is -2.05. The Hall–Kier alpha value is -2.95. The standard InChI is InChI=1S/C16H13N3O2/c1-21-12-6-7-13-11(10-12)5-8-14(16(13)20)18-19-15-4-2-3-9-17-15/h2-10,20H,1H3. The molecule has 5 nitrogen and oxygen atoms in total. The molecule has 0 saturated carbocycles. The SMILES string of the molecule is COc1ccc2c(O)c(N=Nc3ccccn3)ccc2c1. The monoisotopic (exact) mass is 279 g/mol. The summed E-state index contributed by atoms with van der Waals surface area (Å²) < 4.78 is 5.17. The lowest BCUT2D eigenvalue weighted by atomic mass is 10.1. The highest BCUT2D eigenvalue weighted by Crippen LogP contribution is 2.36. The van der Waals surface area contributed by atoms with Crippen molar-refractivity contribution in [2.24, 2.45) is 10.2 Å². The van der Waals surface area contributed by atoms with Gasteiger partial charge in [-0.3, -0.25) is 0 Å². The Kier molecular flexibility index (Phi) is 3.47. The van der Waals surface area contributed by atoms with Gasteiger partial charge in [-0.05, 0) is 41.8 Å². The van der Waals surface area contributed by atoms with Gasteiger partial charge >= 0.3 is 0 Å². The molecule has 3 rings (SSSR count). The van der Waals surface area contributed by atoms with Crippen LogP contribution in [0.25, 0.3) is 10.8 Å². The molecule has 0 bridgehead atoms. The van der Waals surface area contributed by atoms with Gasteiger partial charge in [-0.15, -0.1) is 10.2 Å². The van der Waals surface area contributed by atoms with Gasteiger partial charge in [0.25, 0.3) is 0 Å². The quantitative estimate of drug-likeness (QED) is 0.724. The first kappa shape index (κ1) is 13.1. The van der Waals surface area contributed by atoms with Crippen LogP contribution in [-0.2, 0) is 0 Å². The summed E-state index contributed by atoms with van der Waals surface area (Å²) >= 11 is 0. The topological polar surface area (TPSA) is 67.1 Å². The number of rotatable bonds is 3. The number of hydrogen-bond donors (Lipinski definition) is 1. The van der Waals surface area contributed by atoms with Crippen LogP contribution in [0.1, 0.15) is 0 Å². The average molecular weight is 279 g/mol. The van der Waals surface area contributed by atoms with Crippen LogP contribution in [-0.4, -0.2) is 17.2 Å². The molecule has 1 N–H and O–H groups in total. The van der Waals surface area contributed by atoms with Crippen LogP contribution < -0.4 is 4.74 Å². The molecule has 0 spiro atoms. The molecule has 0 amide bonds. The number of benzene rings is 2. The number of fused-ring (bicyclic) bond motifs is 1. The first-order valence-electron chi connectivity index (χ1n) is 6.40. The second-order valence-electron chi connectivity index (χ2n) is 4.41. The average Bonchev–Trinajstić information content (AvgIpc) is 2.55. The Morgan fingerprint density at radius 2 is 1.95 bits per heavy atom. The van der Waals surface area contributed by atoms with E-state index < -0.39 is 0 Å². The van der Waals surface area contributed by atoms with Crippen molar-refractivity contribution >= 4 is 22.3 Å². The molecule has 0 saturated heterocycles. The normalized spacial score (nSPS) is 11.1. The minimum absolute atomic E-state index is 0.0924. The van der Waals surface area contributed by atoms with Gasteiger partial charge < -0.3 is 9.84 Å². The number of phenols is 1. The zero-order valence-corrected chi connectivity index (χ0v) is 11.4. The molecule has 21 heavy (non-hydrogen) atoms. The molecular weight excluding hydrogens is 266 g/mol. The predicted octanol–water partition coefficient (Wildman–Crippen LogP) is 4.36. The van der Waals surface area contributed by atoms with Crippen molar-refractivity contribution in [3.63, 3.8) is 0 Å². The zero-order valence-electron chi connectivity index (χ0n) is 11.4. The highest BCUT2D eigenvalue weighted by Gasteiger charge is 2.07. The van der Waals surface area contributed by atoms with Gasteiger partial charge in [0.2, 0.25) is 0 Å². The van der Waals surface area contributed by atoms with E-state index in [1.54, 1.807) is 43.6 Å². The summed E-state index contributed by atoms with van der Waals surface area (Å²) in [6, 6.07) is 14.4. The maximum Gasteiger partial charge on any atom is 0.174 e. The minimum Gasteiger partial charge on any atom is -0.505 e. The Labute approximate surface area is 121 Å². The number of ether oxygens (including phenoxy) is 1. The van der Waals surface area contributed by atoms with Gasteiger partial charge in [-0.25, -0.2) is 4.98 Å². The van der Waals surface area contributed by atoms with Crippen molar-refractivity contribution in [3.05, 3.63) is 54.7 Å². The van der Waals surface area contributed by atoms with Crippen molar-refractivity contribution in [3.8, 4) is 11.5 Å². The van der Waals surface area contributed by atoms with E-state index in [0.29, 0.717) is 16.9 Å². The van der Waals surface area contributed by atoms with Crippen molar-refractivity contribution in [1.82, 2.24) is 4.98 Å². The van der Waals surface area contributed by atoms with E-state index in [0.717, 1.165) is 11.1 Å². The third-order valence-corrected chi connectivity index (χ3v) is 3.09.